The average Bonchev–Trinajstić information content (AvgIpc) is 3.04. The molecule has 0 spiro atoms. The largest absolute Gasteiger partial charge is 0.508 e. The van der Waals surface area contributed by atoms with Crippen LogP contribution >= 0.6 is 0 Å². The molecule has 2 aromatic carbocycles. The van der Waals surface area contributed by atoms with Crippen molar-refractivity contribution in [3.8, 4) is 5.75 Å². The van der Waals surface area contributed by atoms with Crippen molar-refractivity contribution in [3.63, 3.8) is 0 Å². The van der Waals surface area contributed by atoms with Gasteiger partial charge in [0.2, 0.25) is 0 Å². The summed E-state index contributed by atoms with van der Waals surface area (Å²) in [5.74, 6) is -1.42. The molecule has 0 saturated heterocycles. The summed E-state index contributed by atoms with van der Waals surface area (Å²) in [6.45, 7) is 0.173. The SMILES string of the molecule is O=C(CCc1ccccc1)C1=C(O)C(=O)N(Cc2cccnc2)C1c1cccc(O)c1. The number of phenols is 1. The Morgan fingerprint density at radius 1 is 0.968 bits per heavy atom. The van der Waals surface area contributed by atoms with E-state index in [-0.39, 0.29) is 30.1 Å². The fourth-order valence-electron chi connectivity index (χ4n) is 3.87. The van der Waals surface area contributed by atoms with Gasteiger partial charge < -0.3 is 15.1 Å². The Labute approximate surface area is 180 Å². The standard InChI is InChI=1S/C25H22N2O4/c28-20-10-4-9-19(14-20)23-22(21(29)12-11-17-6-2-1-3-7-17)24(30)25(31)27(23)16-18-8-5-13-26-15-18/h1-10,13-15,23,28,30H,11-12,16H2. The number of rotatable bonds is 7. The van der Waals surface area contributed by atoms with Crippen molar-refractivity contribution in [2.24, 2.45) is 0 Å². The first-order valence-corrected chi connectivity index (χ1v) is 10.0. The number of benzene rings is 2. The quantitative estimate of drug-likeness (QED) is 0.612. The predicted octanol–water partition coefficient (Wildman–Crippen LogP) is 3.88. The van der Waals surface area contributed by atoms with Gasteiger partial charge in [0.25, 0.3) is 5.91 Å². The number of phenolic OH excluding ortho intramolecular Hbond substituents is 1. The molecule has 156 valence electrons. The number of aryl methyl sites for hydroxylation is 1. The first-order valence-electron chi connectivity index (χ1n) is 10.0. The number of aromatic nitrogens is 1. The maximum atomic E-state index is 13.2. The van der Waals surface area contributed by atoms with Crippen molar-refractivity contribution in [2.45, 2.75) is 25.4 Å². The van der Waals surface area contributed by atoms with E-state index in [0.29, 0.717) is 12.0 Å². The highest BCUT2D eigenvalue weighted by Crippen LogP contribution is 2.40. The van der Waals surface area contributed by atoms with Gasteiger partial charge in [0.15, 0.2) is 11.5 Å². The number of ketones is 1. The van der Waals surface area contributed by atoms with Crippen molar-refractivity contribution in [2.75, 3.05) is 0 Å². The van der Waals surface area contributed by atoms with Crippen molar-refractivity contribution in [3.05, 3.63) is 107 Å². The van der Waals surface area contributed by atoms with Crippen molar-refractivity contribution < 1.29 is 19.8 Å². The van der Waals surface area contributed by atoms with Crippen LogP contribution < -0.4 is 0 Å². The van der Waals surface area contributed by atoms with Crippen LogP contribution in [0.25, 0.3) is 0 Å². The van der Waals surface area contributed by atoms with Crippen molar-refractivity contribution in [1.29, 1.82) is 0 Å². The number of nitrogens with zero attached hydrogens (tertiary/aromatic N) is 2. The second-order valence-electron chi connectivity index (χ2n) is 7.46. The minimum atomic E-state index is -0.789. The number of hydrogen-bond acceptors (Lipinski definition) is 5. The Bertz CT molecular complexity index is 1130. The van der Waals surface area contributed by atoms with E-state index in [1.54, 1.807) is 30.6 Å². The summed E-state index contributed by atoms with van der Waals surface area (Å²) in [5.41, 5.74) is 2.40. The highest BCUT2D eigenvalue weighted by Gasteiger charge is 2.43. The number of carbonyl (C=O) groups is 2. The summed E-state index contributed by atoms with van der Waals surface area (Å²) >= 11 is 0. The third kappa shape index (κ3) is 4.33. The molecule has 2 N–H and O–H groups in total. The average molecular weight is 414 g/mol. The Kier molecular flexibility index (Phi) is 5.80. The van der Waals surface area contributed by atoms with E-state index < -0.39 is 17.7 Å². The molecular formula is C25H22N2O4. The molecule has 0 aliphatic carbocycles. The second kappa shape index (κ2) is 8.83. The Balaban J connectivity index is 1.67. The summed E-state index contributed by atoms with van der Waals surface area (Å²) in [6.07, 6.45) is 3.93. The van der Waals surface area contributed by atoms with Crippen LogP contribution in [-0.4, -0.2) is 31.8 Å². The Morgan fingerprint density at radius 3 is 2.45 bits per heavy atom. The van der Waals surface area contributed by atoms with Crippen molar-refractivity contribution in [1.82, 2.24) is 9.88 Å². The van der Waals surface area contributed by atoms with Gasteiger partial charge in [0.1, 0.15) is 5.75 Å². The van der Waals surface area contributed by atoms with Gasteiger partial charge in [-0.1, -0.05) is 48.5 Å². The maximum absolute atomic E-state index is 13.2. The van der Waals surface area contributed by atoms with E-state index in [1.807, 2.05) is 36.4 Å². The van der Waals surface area contributed by atoms with Crippen LogP contribution in [0.4, 0.5) is 0 Å². The lowest BCUT2D eigenvalue weighted by atomic mass is 9.93. The predicted molar refractivity (Wildman–Crippen MR) is 115 cm³/mol. The molecule has 1 unspecified atom stereocenters. The molecule has 0 fully saturated rings. The zero-order chi connectivity index (χ0) is 21.8. The van der Waals surface area contributed by atoms with Crippen LogP contribution in [-0.2, 0) is 22.6 Å². The minimum Gasteiger partial charge on any atom is -0.508 e. The molecule has 1 aliphatic heterocycles. The zero-order valence-corrected chi connectivity index (χ0v) is 16.8. The molecule has 31 heavy (non-hydrogen) atoms. The van der Waals surface area contributed by atoms with Gasteiger partial charge >= 0.3 is 0 Å². The maximum Gasteiger partial charge on any atom is 0.290 e. The third-order valence-corrected chi connectivity index (χ3v) is 5.35. The number of amides is 1. The first-order chi connectivity index (χ1) is 15.0. The summed E-state index contributed by atoms with van der Waals surface area (Å²) < 4.78 is 0. The van der Waals surface area contributed by atoms with Gasteiger partial charge in [0, 0.05) is 25.4 Å². The molecule has 3 aromatic rings. The molecule has 4 rings (SSSR count). The van der Waals surface area contributed by atoms with E-state index >= 15 is 0 Å². The van der Waals surface area contributed by atoms with Gasteiger partial charge in [-0.25, -0.2) is 0 Å². The van der Waals surface area contributed by atoms with Gasteiger partial charge in [0.05, 0.1) is 11.6 Å². The van der Waals surface area contributed by atoms with Gasteiger partial charge in [-0.3, -0.25) is 14.6 Å². The summed E-state index contributed by atoms with van der Waals surface area (Å²) in [5, 5.41) is 20.6. The van der Waals surface area contributed by atoms with Crippen LogP contribution in [0.2, 0.25) is 0 Å². The van der Waals surface area contributed by atoms with Gasteiger partial charge in [-0.2, -0.15) is 0 Å². The first kappa shape index (κ1) is 20.3. The molecule has 1 atom stereocenters. The number of carbonyl (C=O) groups excluding carboxylic acids is 2. The van der Waals surface area contributed by atoms with E-state index in [4.69, 9.17) is 0 Å². The minimum absolute atomic E-state index is 0.0220. The van der Waals surface area contributed by atoms with E-state index in [2.05, 4.69) is 4.98 Å². The topological polar surface area (TPSA) is 90.7 Å². The molecule has 0 saturated carbocycles. The van der Waals surface area contributed by atoms with E-state index in [9.17, 15) is 19.8 Å². The third-order valence-electron chi connectivity index (χ3n) is 5.35. The van der Waals surface area contributed by atoms with E-state index in [0.717, 1.165) is 11.1 Å². The molecule has 1 amide bonds. The zero-order valence-electron chi connectivity index (χ0n) is 16.8. The fraction of sp³-hybridized carbons (Fsp3) is 0.160. The number of hydrogen-bond donors (Lipinski definition) is 2. The highest BCUT2D eigenvalue weighted by atomic mass is 16.3. The molecule has 1 aromatic heterocycles. The fourth-order valence-corrected chi connectivity index (χ4v) is 3.87. The summed E-state index contributed by atoms with van der Waals surface area (Å²) in [7, 11) is 0. The van der Waals surface area contributed by atoms with Crippen LogP contribution in [0.15, 0.2) is 90.5 Å². The Hall–Kier alpha value is -3.93. The molecule has 0 radical (unpaired) electrons. The number of aromatic hydroxyl groups is 1. The molecular weight excluding hydrogens is 392 g/mol. The van der Waals surface area contributed by atoms with Crippen LogP contribution in [0.3, 0.4) is 0 Å². The lowest BCUT2D eigenvalue weighted by molar-refractivity contribution is -0.130. The monoisotopic (exact) mass is 414 g/mol. The second-order valence-corrected chi connectivity index (χ2v) is 7.46. The summed E-state index contributed by atoms with van der Waals surface area (Å²) in [6, 6.07) is 18.8. The lowest BCUT2D eigenvalue weighted by Gasteiger charge is -2.27. The molecule has 6 heteroatoms. The molecule has 0 bridgehead atoms. The molecule has 6 nitrogen and oxygen atoms in total. The van der Waals surface area contributed by atoms with Crippen LogP contribution in [0, 0.1) is 0 Å². The highest BCUT2D eigenvalue weighted by molar-refractivity contribution is 6.09. The van der Waals surface area contributed by atoms with Gasteiger partial charge in [-0.15, -0.1) is 0 Å². The molecule has 1 aliphatic rings. The number of aliphatic hydroxyl groups is 1. The number of aliphatic hydroxyl groups excluding tert-OH is 1. The van der Waals surface area contributed by atoms with Crippen molar-refractivity contribution >= 4 is 11.7 Å². The van der Waals surface area contributed by atoms with Crippen LogP contribution in [0.1, 0.15) is 29.2 Å². The summed E-state index contributed by atoms with van der Waals surface area (Å²) in [4.78, 5) is 31.6. The van der Waals surface area contributed by atoms with Gasteiger partial charge in [-0.05, 0) is 41.3 Å². The number of Topliss-reactive ketones (excluding diaryl/α,β-unsaturated/α-hetero) is 1. The van der Waals surface area contributed by atoms with E-state index in [1.165, 1.54) is 17.0 Å². The van der Waals surface area contributed by atoms with Crippen LogP contribution in [0.5, 0.6) is 5.75 Å². The smallest absolute Gasteiger partial charge is 0.290 e. The normalized spacial score (nSPS) is 16.1. The Morgan fingerprint density at radius 2 is 1.74 bits per heavy atom. The lowest BCUT2D eigenvalue weighted by Crippen LogP contribution is -2.30. The number of pyridine rings is 1. The molecule has 2 heterocycles.